The Kier molecular flexibility index (Phi) is 4.95. The van der Waals surface area contributed by atoms with Gasteiger partial charge in [0.1, 0.15) is 10.4 Å². The van der Waals surface area contributed by atoms with Crippen LogP contribution in [0.5, 0.6) is 0 Å². The fraction of sp³-hybridized carbons (Fsp3) is 0.500. The Hall–Kier alpha value is -1.47. The molecule has 5 nitrogen and oxygen atoms in total. The number of esters is 1. The van der Waals surface area contributed by atoms with Crippen LogP contribution in [0.4, 0.5) is 5.13 Å². The Morgan fingerprint density at radius 3 is 2.86 bits per heavy atom. The third-order valence-corrected chi connectivity index (χ3v) is 4.70. The van der Waals surface area contributed by atoms with Crippen LogP contribution in [0.3, 0.4) is 0 Å². The van der Waals surface area contributed by atoms with Crippen molar-refractivity contribution in [2.75, 3.05) is 11.9 Å². The molecule has 21 heavy (non-hydrogen) atoms. The number of hydrogen-bond acceptors (Lipinski definition) is 7. The Morgan fingerprint density at radius 1 is 1.48 bits per heavy atom. The highest BCUT2D eigenvalue weighted by Crippen LogP contribution is 2.28. The minimum absolute atomic E-state index is 0.252. The predicted octanol–water partition coefficient (Wildman–Crippen LogP) is 3.36. The number of carbonyl (C=O) groups excluding carboxylic acids is 1. The van der Waals surface area contributed by atoms with Crippen LogP contribution < -0.4 is 5.32 Å². The molecule has 0 atom stereocenters. The standard InChI is InChI=1S/C14H19N3O2S2/c1-5-19-12(18)14(3,4)10-8-20-13(17-10)16-7-11-15-6-9(2)21-11/h6,8H,5,7H2,1-4H3,(H,16,17). The van der Waals surface area contributed by atoms with Gasteiger partial charge in [-0.2, -0.15) is 0 Å². The summed E-state index contributed by atoms with van der Waals surface area (Å²) < 4.78 is 5.10. The van der Waals surface area contributed by atoms with Crippen LogP contribution in [0.1, 0.15) is 36.3 Å². The molecule has 0 spiro atoms. The van der Waals surface area contributed by atoms with Crippen LogP contribution in [-0.2, 0) is 21.5 Å². The third kappa shape index (κ3) is 3.79. The van der Waals surface area contributed by atoms with Gasteiger partial charge in [-0.1, -0.05) is 0 Å². The van der Waals surface area contributed by atoms with E-state index < -0.39 is 5.41 Å². The lowest BCUT2D eigenvalue weighted by Gasteiger charge is -2.19. The van der Waals surface area contributed by atoms with Crippen molar-refractivity contribution in [3.05, 3.63) is 27.2 Å². The maximum atomic E-state index is 12.0. The van der Waals surface area contributed by atoms with E-state index >= 15 is 0 Å². The van der Waals surface area contributed by atoms with Gasteiger partial charge >= 0.3 is 5.97 Å². The van der Waals surface area contributed by atoms with Gasteiger partial charge in [-0.15, -0.1) is 22.7 Å². The minimum atomic E-state index is -0.732. The molecule has 7 heteroatoms. The maximum Gasteiger partial charge on any atom is 0.317 e. The van der Waals surface area contributed by atoms with Gasteiger partial charge in [-0.25, -0.2) is 9.97 Å². The summed E-state index contributed by atoms with van der Waals surface area (Å²) in [6.45, 7) is 8.51. The van der Waals surface area contributed by atoms with Crippen molar-refractivity contribution in [2.24, 2.45) is 0 Å². The highest BCUT2D eigenvalue weighted by atomic mass is 32.1. The number of carbonyl (C=O) groups is 1. The number of ether oxygens (including phenoxy) is 1. The molecule has 2 heterocycles. The van der Waals surface area contributed by atoms with Crippen molar-refractivity contribution in [3.63, 3.8) is 0 Å². The number of aromatic nitrogens is 2. The first-order valence-corrected chi connectivity index (χ1v) is 8.41. The summed E-state index contributed by atoms with van der Waals surface area (Å²) in [5.41, 5.74) is -0.00622. The van der Waals surface area contributed by atoms with Gasteiger partial charge in [0.25, 0.3) is 0 Å². The van der Waals surface area contributed by atoms with E-state index in [2.05, 4.69) is 15.3 Å². The SMILES string of the molecule is CCOC(=O)C(C)(C)c1csc(NCc2ncc(C)s2)n1. The molecule has 0 bridgehead atoms. The Labute approximate surface area is 132 Å². The van der Waals surface area contributed by atoms with Gasteiger partial charge in [0, 0.05) is 16.5 Å². The van der Waals surface area contributed by atoms with Crippen LogP contribution in [0.15, 0.2) is 11.6 Å². The molecule has 0 saturated carbocycles. The summed E-state index contributed by atoms with van der Waals surface area (Å²) in [7, 11) is 0. The number of thiazole rings is 2. The van der Waals surface area contributed by atoms with Crippen molar-refractivity contribution in [1.82, 2.24) is 9.97 Å². The topological polar surface area (TPSA) is 64.1 Å². The molecule has 0 saturated heterocycles. The number of rotatable bonds is 6. The second-order valence-corrected chi connectivity index (χ2v) is 7.28. The first-order chi connectivity index (χ1) is 9.93. The molecule has 0 unspecified atom stereocenters. The molecule has 0 radical (unpaired) electrons. The van der Waals surface area contributed by atoms with E-state index in [0.717, 1.165) is 15.8 Å². The van der Waals surface area contributed by atoms with E-state index in [1.165, 1.54) is 16.2 Å². The fourth-order valence-electron chi connectivity index (χ4n) is 1.69. The molecule has 0 aliphatic heterocycles. The number of nitrogens with one attached hydrogen (secondary N) is 1. The van der Waals surface area contributed by atoms with Crippen molar-refractivity contribution in [1.29, 1.82) is 0 Å². The highest BCUT2D eigenvalue weighted by molar-refractivity contribution is 7.13. The molecule has 2 aromatic rings. The second-order valence-electron chi connectivity index (χ2n) is 5.10. The molecule has 114 valence electrons. The van der Waals surface area contributed by atoms with Gasteiger partial charge in [0.05, 0.1) is 18.8 Å². The van der Waals surface area contributed by atoms with Gasteiger partial charge in [0.15, 0.2) is 5.13 Å². The zero-order valence-electron chi connectivity index (χ0n) is 12.6. The Bertz CT molecular complexity index is 619. The molecular weight excluding hydrogens is 306 g/mol. The predicted molar refractivity (Wildman–Crippen MR) is 86.0 cm³/mol. The first-order valence-electron chi connectivity index (χ1n) is 6.72. The van der Waals surface area contributed by atoms with Crippen molar-refractivity contribution in [3.8, 4) is 0 Å². The molecule has 2 aromatic heterocycles. The van der Waals surface area contributed by atoms with Crippen molar-refractivity contribution >= 4 is 33.8 Å². The maximum absolute atomic E-state index is 12.0. The van der Waals surface area contributed by atoms with Gasteiger partial charge in [-0.3, -0.25) is 4.79 Å². The zero-order valence-corrected chi connectivity index (χ0v) is 14.2. The molecule has 0 amide bonds. The van der Waals surface area contributed by atoms with Crippen LogP contribution in [0.25, 0.3) is 0 Å². The highest BCUT2D eigenvalue weighted by Gasteiger charge is 2.33. The Morgan fingerprint density at radius 2 is 2.24 bits per heavy atom. The first kappa shape index (κ1) is 15.9. The monoisotopic (exact) mass is 325 g/mol. The smallest absolute Gasteiger partial charge is 0.317 e. The van der Waals surface area contributed by atoms with E-state index in [0.29, 0.717) is 13.2 Å². The average Bonchev–Trinajstić information content (AvgIpc) is 3.05. The lowest BCUT2D eigenvalue weighted by atomic mass is 9.90. The number of hydrogen-bond donors (Lipinski definition) is 1. The average molecular weight is 325 g/mol. The summed E-state index contributed by atoms with van der Waals surface area (Å²) in [6.07, 6.45) is 1.86. The second kappa shape index (κ2) is 6.53. The van der Waals surface area contributed by atoms with E-state index in [-0.39, 0.29) is 5.97 Å². The summed E-state index contributed by atoms with van der Waals surface area (Å²) >= 11 is 3.14. The van der Waals surface area contributed by atoms with Crippen LogP contribution in [0.2, 0.25) is 0 Å². The zero-order chi connectivity index (χ0) is 15.5. The fourth-order valence-corrected chi connectivity index (χ4v) is 3.30. The number of aryl methyl sites for hydroxylation is 1. The summed E-state index contributed by atoms with van der Waals surface area (Å²) in [5, 5.41) is 6.95. The summed E-state index contributed by atoms with van der Waals surface area (Å²) in [6, 6.07) is 0. The van der Waals surface area contributed by atoms with Gasteiger partial charge in [0.2, 0.25) is 0 Å². The molecular formula is C14H19N3O2S2. The van der Waals surface area contributed by atoms with Crippen LogP contribution in [0, 0.1) is 6.92 Å². The molecule has 0 aromatic carbocycles. The van der Waals surface area contributed by atoms with E-state index in [9.17, 15) is 4.79 Å². The van der Waals surface area contributed by atoms with Crippen molar-refractivity contribution in [2.45, 2.75) is 39.7 Å². The molecule has 2 rings (SSSR count). The van der Waals surface area contributed by atoms with Crippen molar-refractivity contribution < 1.29 is 9.53 Å². The van der Waals surface area contributed by atoms with E-state index in [1.54, 1.807) is 18.3 Å². The summed E-state index contributed by atoms with van der Waals surface area (Å²) in [4.78, 5) is 21.9. The normalized spacial score (nSPS) is 11.4. The lowest BCUT2D eigenvalue weighted by molar-refractivity contribution is -0.148. The summed E-state index contributed by atoms with van der Waals surface area (Å²) in [5.74, 6) is -0.252. The van der Waals surface area contributed by atoms with E-state index in [4.69, 9.17) is 4.74 Å². The van der Waals surface area contributed by atoms with Crippen LogP contribution in [-0.4, -0.2) is 22.5 Å². The molecule has 1 N–H and O–H groups in total. The molecule has 0 aliphatic rings. The van der Waals surface area contributed by atoms with Gasteiger partial charge < -0.3 is 10.1 Å². The number of anilines is 1. The van der Waals surface area contributed by atoms with Gasteiger partial charge in [-0.05, 0) is 27.7 Å². The van der Waals surface area contributed by atoms with Crippen LogP contribution >= 0.6 is 22.7 Å². The molecule has 0 aliphatic carbocycles. The Balaban J connectivity index is 2.02. The minimum Gasteiger partial charge on any atom is -0.465 e. The lowest BCUT2D eigenvalue weighted by Crippen LogP contribution is -2.31. The molecule has 0 fully saturated rings. The number of nitrogens with zero attached hydrogens (tertiary/aromatic N) is 2. The quantitative estimate of drug-likeness (QED) is 0.825. The largest absolute Gasteiger partial charge is 0.465 e. The third-order valence-electron chi connectivity index (χ3n) is 2.99. The van der Waals surface area contributed by atoms with E-state index in [1.807, 2.05) is 32.3 Å².